The number of rotatable bonds is 9. The molecule has 3 rings (SSSR count). The number of pyridine rings is 1. The topological polar surface area (TPSA) is 75.8 Å². The predicted octanol–water partition coefficient (Wildman–Crippen LogP) is 2.59. The van der Waals surface area contributed by atoms with Crippen LogP contribution in [0.1, 0.15) is 18.3 Å². The number of hydrogen-bond acceptors (Lipinski definition) is 4. The summed E-state index contributed by atoms with van der Waals surface area (Å²) >= 11 is 0. The van der Waals surface area contributed by atoms with E-state index >= 15 is 0 Å². The summed E-state index contributed by atoms with van der Waals surface area (Å²) in [7, 11) is 0. The van der Waals surface area contributed by atoms with Crippen LogP contribution in [0.3, 0.4) is 0 Å². The molecule has 1 aromatic carbocycles. The first kappa shape index (κ1) is 19.4. The van der Waals surface area contributed by atoms with Gasteiger partial charge in [0.1, 0.15) is 18.2 Å². The molecule has 0 radical (unpaired) electrons. The third kappa shape index (κ3) is 5.09. The summed E-state index contributed by atoms with van der Waals surface area (Å²) in [4.78, 5) is 4.68. The van der Waals surface area contributed by atoms with Crippen molar-refractivity contribution in [2.45, 2.75) is 19.9 Å². The lowest BCUT2D eigenvalue weighted by atomic mass is 10.2. The van der Waals surface area contributed by atoms with Crippen LogP contribution in [0.2, 0.25) is 0 Å². The minimum atomic E-state index is 0.478. The number of hydrogen-bond donors (Lipinski definition) is 2. The average Bonchev–Trinajstić information content (AvgIpc) is 3.14. The summed E-state index contributed by atoms with van der Waals surface area (Å²) in [6.45, 7) is 8.23. The maximum atomic E-state index is 5.70. The third-order valence-corrected chi connectivity index (χ3v) is 4.11. The van der Waals surface area contributed by atoms with E-state index in [0.29, 0.717) is 19.7 Å². The summed E-state index contributed by atoms with van der Waals surface area (Å²) in [6.07, 6.45) is 4.46. The first-order valence-electron chi connectivity index (χ1n) is 9.44. The molecule has 7 heteroatoms. The Labute approximate surface area is 165 Å². The Kier molecular flexibility index (Phi) is 7.01. The quantitative estimate of drug-likeness (QED) is 0.340. The lowest BCUT2D eigenvalue weighted by Gasteiger charge is -2.12. The first-order chi connectivity index (χ1) is 13.8. The molecular weight excluding hydrogens is 352 g/mol. The van der Waals surface area contributed by atoms with Crippen molar-refractivity contribution >= 4 is 11.6 Å². The number of aromatic nitrogens is 3. The number of benzene rings is 1. The molecule has 0 atom stereocenters. The first-order valence-corrected chi connectivity index (χ1v) is 9.44. The van der Waals surface area contributed by atoms with Gasteiger partial charge in [0.25, 0.3) is 0 Å². The molecule has 0 unspecified atom stereocenters. The second-order valence-corrected chi connectivity index (χ2v) is 6.12. The van der Waals surface area contributed by atoms with Gasteiger partial charge in [-0.05, 0) is 25.1 Å². The SMILES string of the molecule is C=CCOc1ccccc1CN=C(NCC)NCCc1nnc2ccccn12. The van der Waals surface area contributed by atoms with E-state index in [4.69, 9.17) is 4.74 Å². The Balaban J connectivity index is 1.61. The molecule has 0 saturated carbocycles. The van der Waals surface area contributed by atoms with Crippen molar-refractivity contribution in [3.8, 4) is 5.75 Å². The number of nitrogens with one attached hydrogen (secondary N) is 2. The molecule has 7 nitrogen and oxygen atoms in total. The van der Waals surface area contributed by atoms with Crippen LogP contribution in [0, 0.1) is 0 Å². The second kappa shape index (κ2) is 10.1. The Morgan fingerprint density at radius 2 is 2.04 bits per heavy atom. The normalized spacial score (nSPS) is 11.4. The lowest BCUT2D eigenvalue weighted by molar-refractivity contribution is 0.359. The van der Waals surface area contributed by atoms with Gasteiger partial charge in [0, 0.05) is 31.3 Å². The summed E-state index contributed by atoms with van der Waals surface area (Å²) in [5.74, 6) is 2.51. The third-order valence-electron chi connectivity index (χ3n) is 4.11. The maximum absolute atomic E-state index is 5.70. The lowest BCUT2D eigenvalue weighted by Crippen LogP contribution is -2.38. The molecule has 0 aliphatic rings. The fourth-order valence-corrected chi connectivity index (χ4v) is 2.78. The van der Waals surface area contributed by atoms with Gasteiger partial charge in [-0.1, -0.05) is 36.9 Å². The van der Waals surface area contributed by atoms with Crippen molar-refractivity contribution in [2.24, 2.45) is 4.99 Å². The Morgan fingerprint density at radius 1 is 1.18 bits per heavy atom. The molecule has 2 N–H and O–H groups in total. The van der Waals surface area contributed by atoms with Crippen LogP contribution in [-0.4, -0.2) is 40.3 Å². The fourth-order valence-electron chi connectivity index (χ4n) is 2.78. The Morgan fingerprint density at radius 3 is 2.89 bits per heavy atom. The van der Waals surface area contributed by atoms with Crippen LogP contribution in [0.5, 0.6) is 5.75 Å². The molecule has 2 heterocycles. The van der Waals surface area contributed by atoms with Crippen LogP contribution in [0.25, 0.3) is 5.65 Å². The molecule has 0 saturated heterocycles. The summed E-state index contributed by atoms with van der Waals surface area (Å²) in [6, 6.07) is 13.8. The monoisotopic (exact) mass is 378 g/mol. The van der Waals surface area contributed by atoms with E-state index in [1.807, 2.05) is 60.0 Å². The molecule has 2 aromatic heterocycles. The number of para-hydroxylation sites is 1. The number of fused-ring (bicyclic) bond motifs is 1. The molecule has 0 fully saturated rings. The molecule has 0 amide bonds. The largest absolute Gasteiger partial charge is 0.489 e. The van der Waals surface area contributed by atoms with E-state index in [-0.39, 0.29) is 0 Å². The van der Waals surface area contributed by atoms with Gasteiger partial charge in [0.15, 0.2) is 11.6 Å². The second-order valence-electron chi connectivity index (χ2n) is 6.12. The maximum Gasteiger partial charge on any atom is 0.191 e. The smallest absolute Gasteiger partial charge is 0.191 e. The molecule has 0 spiro atoms. The van der Waals surface area contributed by atoms with Crippen LogP contribution < -0.4 is 15.4 Å². The number of ether oxygens (including phenoxy) is 1. The van der Waals surface area contributed by atoms with Crippen molar-refractivity contribution in [3.05, 3.63) is 72.7 Å². The fraction of sp³-hybridized carbons (Fsp3) is 0.286. The van der Waals surface area contributed by atoms with Crippen molar-refractivity contribution in [1.82, 2.24) is 25.2 Å². The highest BCUT2D eigenvalue weighted by atomic mass is 16.5. The van der Waals surface area contributed by atoms with Gasteiger partial charge in [-0.2, -0.15) is 0 Å². The van der Waals surface area contributed by atoms with Gasteiger partial charge < -0.3 is 15.4 Å². The molecule has 0 aliphatic carbocycles. The van der Waals surface area contributed by atoms with Gasteiger partial charge in [-0.3, -0.25) is 4.40 Å². The molecule has 3 aromatic rings. The van der Waals surface area contributed by atoms with Crippen LogP contribution in [0.15, 0.2) is 66.3 Å². The zero-order valence-electron chi connectivity index (χ0n) is 16.1. The van der Waals surface area contributed by atoms with Gasteiger partial charge >= 0.3 is 0 Å². The zero-order chi connectivity index (χ0) is 19.6. The van der Waals surface area contributed by atoms with Crippen LogP contribution in [0.4, 0.5) is 0 Å². The Bertz CT molecular complexity index is 933. The zero-order valence-corrected chi connectivity index (χ0v) is 16.1. The van der Waals surface area contributed by atoms with E-state index < -0.39 is 0 Å². The summed E-state index contributed by atoms with van der Waals surface area (Å²) < 4.78 is 7.70. The van der Waals surface area contributed by atoms with E-state index in [9.17, 15) is 0 Å². The van der Waals surface area contributed by atoms with Crippen molar-refractivity contribution in [1.29, 1.82) is 0 Å². The minimum Gasteiger partial charge on any atom is -0.489 e. The van der Waals surface area contributed by atoms with E-state index in [1.54, 1.807) is 6.08 Å². The van der Waals surface area contributed by atoms with Gasteiger partial charge in [0.2, 0.25) is 0 Å². The number of nitrogens with zero attached hydrogens (tertiary/aromatic N) is 4. The average molecular weight is 378 g/mol. The summed E-state index contributed by atoms with van der Waals surface area (Å²) in [5, 5.41) is 15.1. The predicted molar refractivity (Wildman–Crippen MR) is 112 cm³/mol. The van der Waals surface area contributed by atoms with Crippen LogP contribution >= 0.6 is 0 Å². The number of aliphatic imine (C=N–C) groups is 1. The highest BCUT2D eigenvalue weighted by Crippen LogP contribution is 2.18. The van der Waals surface area contributed by atoms with Gasteiger partial charge in [0.05, 0.1) is 6.54 Å². The summed E-state index contributed by atoms with van der Waals surface area (Å²) in [5.41, 5.74) is 1.89. The minimum absolute atomic E-state index is 0.478. The molecule has 0 aliphatic heterocycles. The van der Waals surface area contributed by atoms with Gasteiger partial charge in [-0.25, -0.2) is 4.99 Å². The van der Waals surface area contributed by atoms with Gasteiger partial charge in [-0.15, -0.1) is 10.2 Å². The Hall–Kier alpha value is -3.35. The standard InChI is InChI=1S/C21H26N6O/c1-3-15-28-18-10-6-5-9-17(18)16-24-21(22-4-2)23-13-12-20-26-25-19-11-7-8-14-27(19)20/h3,5-11,14H,1,4,12-13,15-16H2,2H3,(H2,22,23,24). The van der Waals surface area contributed by atoms with E-state index in [2.05, 4.69) is 32.4 Å². The molecule has 146 valence electrons. The van der Waals surface area contributed by atoms with E-state index in [0.717, 1.165) is 41.7 Å². The highest BCUT2D eigenvalue weighted by molar-refractivity contribution is 5.79. The van der Waals surface area contributed by atoms with Crippen LogP contribution in [-0.2, 0) is 13.0 Å². The van der Waals surface area contributed by atoms with Crippen molar-refractivity contribution in [3.63, 3.8) is 0 Å². The van der Waals surface area contributed by atoms with Crippen molar-refractivity contribution < 1.29 is 4.74 Å². The molecule has 28 heavy (non-hydrogen) atoms. The molecular formula is C21H26N6O. The van der Waals surface area contributed by atoms with E-state index in [1.165, 1.54) is 0 Å². The molecule has 0 bridgehead atoms. The number of guanidine groups is 1. The highest BCUT2D eigenvalue weighted by Gasteiger charge is 2.06. The van der Waals surface area contributed by atoms with Crippen molar-refractivity contribution in [2.75, 3.05) is 19.7 Å².